The molecular weight excluding hydrogens is 260 g/mol. The maximum atomic E-state index is 11.5. The van der Waals surface area contributed by atoms with Gasteiger partial charge in [-0.05, 0) is 24.5 Å². The second kappa shape index (κ2) is 6.70. The molecule has 0 spiro atoms. The number of rotatable bonds is 4. The van der Waals surface area contributed by atoms with Crippen LogP contribution in [0.15, 0.2) is 24.3 Å². The van der Waals surface area contributed by atoms with Crippen molar-refractivity contribution in [3.05, 3.63) is 29.8 Å². The van der Waals surface area contributed by atoms with Crippen molar-refractivity contribution in [2.75, 3.05) is 23.9 Å². The first kappa shape index (κ1) is 14.1. The minimum atomic E-state index is -0.639. The third kappa shape index (κ3) is 4.06. The fourth-order valence-electron chi connectivity index (χ4n) is 2.23. The van der Waals surface area contributed by atoms with Gasteiger partial charge < -0.3 is 10.6 Å². The standard InChI is InChI=1S/C14H20N2O2S/c1-15-14(17)10-11-4-2-3-5-13(11)16-12-6-8-19(18)9-7-12/h2-5,12,16H,6-10H2,1H3,(H,15,17). The summed E-state index contributed by atoms with van der Waals surface area (Å²) in [4.78, 5) is 11.5. The lowest BCUT2D eigenvalue weighted by Crippen LogP contribution is -2.30. The van der Waals surface area contributed by atoms with Crippen LogP contribution < -0.4 is 10.6 Å². The molecule has 2 rings (SSSR count). The summed E-state index contributed by atoms with van der Waals surface area (Å²) >= 11 is 0. The number of amides is 1. The Morgan fingerprint density at radius 2 is 2.00 bits per heavy atom. The van der Waals surface area contributed by atoms with Crippen LogP contribution in [0, 0.1) is 0 Å². The van der Waals surface area contributed by atoms with Crippen molar-refractivity contribution in [1.82, 2.24) is 5.32 Å². The maximum Gasteiger partial charge on any atom is 0.224 e. The topological polar surface area (TPSA) is 58.2 Å². The van der Waals surface area contributed by atoms with Gasteiger partial charge in [-0.15, -0.1) is 0 Å². The fraction of sp³-hybridized carbons (Fsp3) is 0.500. The third-order valence-electron chi connectivity index (χ3n) is 3.39. The quantitative estimate of drug-likeness (QED) is 0.874. The van der Waals surface area contributed by atoms with Crippen molar-refractivity contribution >= 4 is 22.4 Å². The highest BCUT2D eigenvalue weighted by molar-refractivity contribution is 7.85. The van der Waals surface area contributed by atoms with E-state index in [2.05, 4.69) is 10.6 Å². The molecule has 1 aromatic carbocycles. The Labute approximate surface area is 116 Å². The van der Waals surface area contributed by atoms with Crippen LogP contribution in [-0.4, -0.2) is 34.7 Å². The Morgan fingerprint density at radius 1 is 1.32 bits per heavy atom. The van der Waals surface area contributed by atoms with Crippen LogP contribution in [-0.2, 0) is 22.0 Å². The number of likely N-dealkylation sites (N-methyl/N-ethyl adjacent to an activating group) is 1. The highest BCUT2D eigenvalue weighted by Gasteiger charge is 2.18. The predicted octanol–water partition coefficient (Wildman–Crippen LogP) is 1.30. The van der Waals surface area contributed by atoms with E-state index in [1.54, 1.807) is 7.05 Å². The molecule has 0 radical (unpaired) electrons. The molecule has 1 aliphatic rings. The minimum Gasteiger partial charge on any atom is -0.382 e. The summed E-state index contributed by atoms with van der Waals surface area (Å²) in [6, 6.07) is 8.25. The van der Waals surface area contributed by atoms with Gasteiger partial charge in [0, 0.05) is 41.1 Å². The molecule has 0 saturated carbocycles. The first-order valence-corrected chi connectivity index (χ1v) is 8.08. The largest absolute Gasteiger partial charge is 0.382 e. The van der Waals surface area contributed by atoms with E-state index in [0.717, 1.165) is 35.6 Å². The zero-order chi connectivity index (χ0) is 13.7. The molecule has 104 valence electrons. The molecule has 1 saturated heterocycles. The molecule has 19 heavy (non-hydrogen) atoms. The van der Waals surface area contributed by atoms with Crippen molar-refractivity contribution in [2.45, 2.75) is 25.3 Å². The average molecular weight is 280 g/mol. The molecule has 0 unspecified atom stereocenters. The van der Waals surface area contributed by atoms with Gasteiger partial charge in [-0.3, -0.25) is 9.00 Å². The van der Waals surface area contributed by atoms with Gasteiger partial charge in [0.25, 0.3) is 0 Å². The molecule has 1 fully saturated rings. The second-order valence-electron chi connectivity index (χ2n) is 4.77. The molecule has 1 amide bonds. The molecule has 1 aromatic rings. The molecule has 0 aliphatic carbocycles. The smallest absolute Gasteiger partial charge is 0.224 e. The number of carbonyl (C=O) groups excluding carboxylic acids is 1. The first-order valence-electron chi connectivity index (χ1n) is 6.59. The van der Waals surface area contributed by atoms with E-state index in [1.807, 2.05) is 24.3 Å². The van der Waals surface area contributed by atoms with E-state index in [9.17, 15) is 9.00 Å². The van der Waals surface area contributed by atoms with Crippen LogP contribution in [0.5, 0.6) is 0 Å². The molecule has 5 heteroatoms. The lowest BCUT2D eigenvalue weighted by atomic mass is 10.1. The lowest BCUT2D eigenvalue weighted by Gasteiger charge is -2.24. The van der Waals surface area contributed by atoms with Gasteiger partial charge in [0.05, 0.1) is 6.42 Å². The minimum absolute atomic E-state index is 0.0130. The van der Waals surface area contributed by atoms with Crippen molar-refractivity contribution in [2.24, 2.45) is 0 Å². The summed E-state index contributed by atoms with van der Waals surface area (Å²) in [5, 5.41) is 6.13. The van der Waals surface area contributed by atoms with Crippen molar-refractivity contribution < 1.29 is 9.00 Å². The Balaban J connectivity index is 2.03. The van der Waals surface area contributed by atoms with Crippen molar-refractivity contribution in [3.63, 3.8) is 0 Å². The number of hydrogen-bond acceptors (Lipinski definition) is 3. The van der Waals surface area contributed by atoms with Crippen LogP contribution in [0.3, 0.4) is 0 Å². The number of benzene rings is 1. The highest BCUT2D eigenvalue weighted by Crippen LogP contribution is 2.20. The predicted molar refractivity (Wildman–Crippen MR) is 78.7 cm³/mol. The Hall–Kier alpha value is -1.36. The van der Waals surface area contributed by atoms with E-state index < -0.39 is 10.8 Å². The van der Waals surface area contributed by atoms with Crippen LogP contribution in [0.2, 0.25) is 0 Å². The molecule has 1 heterocycles. The second-order valence-corrected chi connectivity index (χ2v) is 6.47. The number of para-hydroxylation sites is 1. The van der Waals surface area contributed by atoms with E-state index in [1.165, 1.54) is 0 Å². The van der Waals surface area contributed by atoms with Gasteiger partial charge in [-0.25, -0.2) is 0 Å². The van der Waals surface area contributed by atoms with Crippen molar-refractivity contribution in [3.8, 4) is 0 Å². The van der Waals surface area contributed by atoms with Gasteiger partial charge in [0.15, 0.2) is 0 Å². The van der Waals surface area contributed by atoms with Gasteiger partial charge in [0.2, 0.25) is 5.91 Å². The molecule has 0 bridgehead atoms. The number of carbonyl (C=O) groups is 1. The number of nitrogens with one attached hydrogen (secondary N) is 2. The number of anilines is 1. The molecule has 4 nitrogen and oxygen atoms in total. The zero-order valence-electron chi connectivity index (χ0n) is 11.1. The van der Waals surface area contributed by atoms with Gasteiger partial charge in [0.1, 0.15) is 0 Å². The Morgan fingerprint density at radius 3 is 2.68 bits per heavy atom. The Kier molecular flexibility index (Phi) is 4.96. The zero-order valence-corrected chi connectivity index (χ0v) is 12.0. The SMILES string of the molecule is CNC(=O)Cc1ccccc1NC1CCS(=O)CC1. The van der Waals surface area contributed by atoms with E-state index in [-0.39, 0.29) is 5.91 Å². The fourth-order valence-corrected chi connectivity index (χ4v) is 3.53. The van der Waals surface area contributed by atoms with Gasteiger partial charge >= 0.3 is 0 Å². The number of hydrogen-bond donors (Lipinski definition) is 2. The first-order chi connectivity index (χ1) is 9.19. The summed E-state index contributed by atoms with van der Waals surface area (Å²) < 4.78 is 11.3. The Bertz CT molecular complexity index is 466. The van der Waals surface area contributed by atoms with Gasteiger partial charge in [-0.2, -0.15) is 0 Å². The average Bonchev–Trinajstić information content (AvgIpc) is 2.43. The normalized spacial score (nSPS) is 22.8. The summed E-state index contributed by atoms with van der Waals surface area (Å²) in [6.07, 6.45) is 2.25. The van der Waals surface area contributed by atoms with Crippen molar-refractivity contribution in [1.29, 1.82) is 0 Å². The molecule has 0 atom stereocenters. The van der Waals surface area contributed by atoms with Crippen LogP contribution in [0.4, 0.5) is 5.69 Å². The maximum absolute atomic E-state index is 11.5. The van der Waals surface area contributed by atoms with Gasteiger partial charge in [-0.1, -0.05) is 18.2 Å². The molecule has 1 aliphatic heterocycles. The van der Waals surface area contributed by atoms with E-state index in [4.69, 9.17) is 0 Å². The third-order valence-corrected chi connectivity index (χ3v) is 4.78. The summed E-state index contributed by atoms with van der Waals surface area (Å²) in [5.41, 5.74) is 2.03. The van der Waals surface area contributed by atoms with Crippen LogP contribution in [0.1, 0.15) is 18.4 Å². The highest BCUT2D eigenvalue weighted by atomic mass is 32.2. The van der Waals surface area contributed by atoms with Crippen LogP contribution >= 0.6 is 0 Å². The summed E-state index contributed by atoms with van der Waals surface area (Å²) in [7, 11) is 1.01. The molecule has 0 aromatic heterocycles. The lowest BCUT2D eigenvalue weighted by molar-refractivity contribution is -0.119. The summed E-state index contributed by atoms with van der Waals surface area (Å²) in [5.74, 6) is 1.56. The molecular formula is C14H20N2O2S. The van der Waals surface area contributed by atoms with E-state index >= 15 is 0 Å². The van der Waals surface area contributed by atoms with Crippen LogP contribution in [0.25, 0.3) is 0 Å². The monoisotopic (exact) mass is 280 g/mol. The van der Waals surface area contributed by atoms with E-state index in [0.29, 0.717) is 12.5 Å². The summed E-state index contributed by atoms with van der Waals surface area (Å²) in [6.45, 7) is 0. The molecule has 2 N–H and O–H groups in total.